The van der Waals surface area contributed by atoms with Crippen LogP contribution in [0.3, 0.4) is 0 Å². The maximum atomic E-state index is 4.56. The van der Waals surface area contributed by atoms with Crippen molar-refractivity contribution in [3.63, 3.8) is 0 Å². The summed E-state index contributed by atoms with van der Waals surface area (Å²) in [5, 5.41) is 1.11. The summed E-state index contributed by atoms with van der Waals surface area (Å²) in [7, 11) is 0. The van der Waals surface area contributed by atoms with E-state index < -0.39 is 0 Å². The van der Waals surface area contributed by atoms with Crippen molar-refractivity contribution in [2.45, 2.75) is 40.0 Å². The first-order valence-electron chi connectivity index (χ1n) is 7.68. The lowest BCUT2D eigenvalue weighted by Gasteiger charge is -2.21. The van der Waals surface area contributed by atoms with E-state index in [1.807, 2.05) is 0 Å². The van der Waals surface area contributed by atoms with E-state index in [9.17, 15) is 0 Å². The molecule has 2 nitrogen and oxygen atoms in total. The zero-order chi connectivity index (χ0) is 15.9. The third kappa shape index (κ3) is 2.74. The topological polar surface area (TPSA) is 25.8 Å². The first-order valence-corrected chi connectivity index (χ1v) is 7.68. The number of nitrogens with zero attached hydrogens (tertiary/aromatic N) is 2. The Balaban J connectivity index is 2.26. The molecule has 1 heterocycles. The van der Waals surface area contributed by atoms with Gasteiger partial charge in [0.05, 0.1) is 11.2 Å². The third-order valence-corrected chi connectivity index (χ3v) is 4.01. The maximum Gasteiger partial charge on any atom is 0.116 e. The lowest BCUT2D eigenvalue weighted by atomic mass is 9.84. The summed E-state index contributed by atoms with van der Waals surface area (Å²) in [6.07, 6.45) is 1.66. The number of aromatic nitrogens is 2. The van der Waals surface area contributed by atoms with Crippen molar-refractivity contribution in [3.05, 3.63) is 59.4 Å². The minimum atomic E-state index is 0.125. The molecular formula is C20H22N2. The van der Waals surface area contributed by atoms with Crippen LogP contribution in [0.25, 0.3) is 22.2 Å². The Bertz CT molecular complexity index is 842. The Morgan fingerprint density at radius 1 is 0.818 bits per heavy atom. The summed E-state index contributed by atoms with van der Waals surface area (Å²) < 4.78 is 0. The van der Waals surface area contributed by atoms with Crippen molar-refractivity contribution in [2.24, 2.45) is 0 Å². The van der Waals surface area contributed by atoms with E-state index >= 15 is 0 Å². The van der Waals surface area contributed by atoms with Gasteiger partial charge in [-0.15, -0.1) is 0 Å². The van der Waals surface area contributed by atoms with Crippen LogP contribution < -0.4 is 0 Å². The molecule has 2 heteroatoms. The van der Waals surface area contributed by atoms with E-state index in [-0.39, 0.29) is 5.41 Å². The van der Waals surface area contributed by atoms with Gasteiger partial charge in [-0.25, -0.2) is 9.97 Å². The number of benzene rings is 2. The highest BCUT2D eigenvalue weighted by atomic mass is 14.8. The monoisotopic (exact) mass is 290 g/mol. The van der Waals surface area contributed by atoms with Crippen LogP contribution in [-0.4, -0.2) is 9.97 Å². The van der Waals surface area contributed by atoms with Gasteiger partial charge in [0, 0.05) is 10.9 Å². The molecule has 0 saturated heterocycles. The van der Waals surface area contributed by atoms with Crippen molar-refractivity contribution < 1.29 is 0 Å². The average molecular weight is 290 g/mol. The average Bonchev–Trinajstić information content (AvgIpc) is 2.44. The van der Waals surface area contributed by atoms with E-state index in [0.29, 0.717) is 0 Å². The van der Waals surface area contributed by atoms with Gasteiger partial charge >= 0.3 is 0 Å². The second kappa shape index (κ2) is 5.20. The lowest BCUT2D eigenvalue weighted by Crippen LogP contribution is -2.11. The fourth-order valence-electron chi connectivity index (χ4n) is 2.75. The number of hydrogen-bond donors (Lipinski definition) is 0. The predicted molar refractivity (Wildman–Crippen MR) is 93.1 cm³/mol. The molecule has 0 fully saturated rings. The van der Waals surface area contributed by atoms with Crippen molar-refractivity contribution in [3.8, 4) is 11.3 Å². The Hall–Kier alpha value is -2.22. The van der Waals surface area contributed by atoms with Crippen LogP contribution in [0.15, 0.2) is 42.7 Å². The van der Waals surface area contributed by atoms with Gasteiger partial charge in [0.25, 0.3) is 0 Å². The largest absolute Gasteiger partial charge is 0.236 e. The summed E-state index contributed by atoms with van der Waals surface area (Å²) in [4.78, 5) is 8.97. The molecule has 0 saturated carbocycles. The highest BCUT2D eigenvalue weighted by molar-refractivity contribution is 5.92. The number of fused-ring (bicyclic) bond motifs is 1. The van der Waals surface area contributed by atoms with Gasteiger partial charge < -0.3 is 0 Å². The van der Waals surface area contributed by atoms with Gasteiger partial charge in [-0.2, -0.15) is 0 Å². The maximum absolute atomic E-state index is 4.56. The second-order valence-corrected chi connectivity index (χ2v) is 7.08. The minimum absolute atomic E-state index is 0.125. The van der Waals surface area contributed by atoms with Crippen LogP contribution in [0.4, 0.5) is 0 Å². The van der Waals surface area contributed by atoms with E-state index in [2.05, 4.69) is 81.0 Å². The summed E-state index contributed by atoms with van der Waals surface area (Å²) in [6, 6.07) is 13.1. The Morgan fingerprint density at radius 2 is 1.59 bits per heavy atom. The fourth-order valence-corrected chi connectivity index (χ4v) is 2.75. The van der Waals surface area contributed by atoms with E-state index in [1.165, 1.54) is 22.3 Å². The quantitative estimate of drug-likeness (QED) is 0.614. The number of hydrogen-bond acceptors (Lipinski definition) is 2. The van der Waals surface area contributed by atoms with Crippen molar-refractivity contribution in [1.82, 2.24) is 9.97 Å². The zero-order valence-electron chi connectivity index (χ0n) is 13.9. The van der Waals surface area contributed by atoms with Gasteiger partial charge in [0.2, 0.25) is 0 Å². The third-order valence-electron chi connectivity index (χ3n) is 4.01. The molecule has 2 aromatic carbocycles. The SMILES string of the molecule is Cc1cc(-c2ncnc3cc(C)ccc23)cc(C(C)(C)C)c1. The summed E-state index contributed by atoms with van der Waals surface area (Å²) >= 11 is 0. The first kappa shape index (κ1) is 14.7. The molecule has 22 heavy (non-hydrogen) atoms. The molecule has 0 atom stereocenters. The van der Waals surface area contributed by atoms with Crippen LogP contribution in [0.1, 0.15) is 37.5 Å². The zero-order valence-corrected chi connectivity index (χ0v) is 13.9. The van der Waals surface area contributed by atoms with Gasteiger partial charge in [-0.05, 0) is 48.6 Å². The highest BCUT2D eigenvalue weighted by Crippen LogP contribution is 2.31. The van der Waals surface area contributed by atoms with Gasteiger partial charge in [-0.1, -0.05) is 44.5 Å². The molecule has 0 aliphatic carbocycles. The van der Waals surface area contributed by atoms with Crippen molar-refractivity contribution in [2.75, 3.05) is 0 Å². The molecule has 0 amide bonds. The molecule has 0 radical (unpaired) electrons. The fraction of sp³-hybridized carbons (Fsp3) is 0.300. The van der Waals surface area contributed by atoms with Crippen LogP contribution in [-0.2, 0) is 5.41 Å². The first-order chi connectivity index (χ1) is 10.3. The molecule has 0 aliphatic heterocycles. The molecule has 3 aromatic rings. The molecule has 112 valence electrons. The van der Waals surface area contributed by atoms with Crippen molar-refractivity contribution in [1.29, 1.82) is 0 Å². The predicted octanol–water partition coefficient (Wildman–Crippen LogP) is 5.21. The Kier molecular flexibility index (Phi) is 3.48. The van der Waals surface area contributed by atoms with E-state index in [4.69, 9.17) is 0 Å². The minimum Gasteiger partial charge on any atom is -0.236 e. The van der Waals surface area contributed by atoms with E-state index in [0.717, 1.165) is 16.6 Å². The van der Waals surface area contributed by atoms with Crippen LogP contribution >= 0.6 is 0 Å². The molecule has 1 aromatic heterocycles. The molecular weight excluding hydrogens is 268 g/mol. The van der Waals surface area contributed by atoms with Gasteiger partial charge in [-0.3, -0.25) is 0 Å². The van der Waals surface area contributed by atoms with Gasteiger partial charge in [0.1, 0.15) is 6.33 Å². The molecule has 0 spiro atoms. The normalized spacial score (nSPS) is 11.9. The molecule has 0 unspecified atom stereocenters. The van der Waals surface area contributed by atoms with E-state index in [1.54, 1.807) is 6.33 Å². The Morgan fingerprint density at radius 3 is 2.32 bits per heavy atom. The standard InChI is InChI=1S/C20H22N2/c1-13-6-7-17-18(10-13)21-12-22-19(17)15-8-14(2)9-16(11-15)20(3,4)5/h6-12H,1-5H3. The molecule has 0 aliphatic rings. The smallest absolute Gasteiger partial charge is 0.116 e. The molecule has 0 bridgehead atoms. The Labute approximate surface area is 132 Å². The molecule has 0 N–H and O–H groups in total. The summed E-state index contributed by atoms with van der Waals surface area (Å²) in [5.74, 6) is 0. The lowest BCUT2D eigenvalue weighted by molar-refractivity contribution is 0.590. The van der Waals surface area contributed by atoms with Crippen LogP contribution in [0.5, 0.6) is 0 Å². The van der Waals surface area contributed by atoms with Crippen LogP contribution in [0, 0.1) is 13.8 Å². The van der Waals surface area contributed by atoms with Gasteiger partial charge in [0.15, 0.2) is 0 Å². The number of rotatable bonds is 1. The molecule has 3 rings (SSSR count). The second-order valence-electron chi connectivity index (χ2n) is 7.08. The van der Waals surface area contributed by atoms with Crippen LogP contribution in [0.2, 0.25) is 0 Å². The summed E-state index contributed by atoms with van der Waals surface area (Å²) in [6.45, 7) is 11.0. The highest BCUT2D eigenvalue weighted by Gasteiger charge is 2.16. The summed E-state index contributed by atoms with van der Waals surface area (Å²) in [5.41, 5.74) is 7.13. The van der Waals surface area contributed by atoms with Crippen molar-refractivity contribution >= 4 is 10.9 Å². The number of aryl methyl sites for hydroxylation is 2.